The Morgan fingerprint density at radius 3 is 2.81 bits per heavy atom. The minimum absolute atomic E-state index is 0.229. The average molecular weight is 312 g/mol. The molecule has 1 aliphatic rings. The Hall–Kier alpha value is -0.600. The molecule has 1 nitrogen and oxygen atoms in total. The number of benzene rings is 1. The number of halogens is 2. The van der Waals surface area contributed by atoms with Crippen LogP contribution in [0.2, 0.25) is 5.02 Å². The smallest absolute Gasteiger partial charge is 0.145 e. The van der Waals surface area contributed by atoms with Crippen molar-refractivity contribution in [2.45, 2.75) is 58.9 Å². The van der Waals surface area contributed by atoms with Gasteiger partial charge in [0.05, 0.1) is 5.02 Å². The SMILES string of the molecule is CCCNC(Cc1cccc(Cl)c1F)C1CCCC1(C)C. The van der Waals surface area contributed by atoms with E-state index in [0.717, 1.165) is 24.9 Å². The van der Waals surface area contributed by atoms with Crippen LogP contribution < -0.4 is 5.32 Å². The van der Waals surface area contributed by atoms with Crippen LogP contribution in [-0.2, 0) is 6.42 Å². The van der Waals surface area contributed by atoms with Gasteiger partial charge in [0.25, 0.3) is 0 Å². The average Bonchev–Trinajstić information content (AvgIpc) is 2.79. The molecular weight excluding hydrogens is 285 g/mol. The molecule has 1 aromatic rings. The minimum Gasteiger partial charge on any atom is -0.313 e. The van der Waals surface area contributed by atoms with Crippen LogP contribution in [0, 0.1) is 17.2 Å². The lowest BCUT2D eigenvalue weighted by atomic mass is 9.76. The molecular formula is C18H27ClFN. The molecule has 0 aliphatic heterocycles. The number of nitrogens with one attached hydrogen (secondary N) is 1. The first-order valence-corrected chi connectivity index (χ1v) is 8.49. The molecule has 1 saturated carbocycles. The number of rotatable bonds is 6. The molecule has 3 heteroatoms. The van der Waals surface area contributed by atoms with E-state index in [1.165, 1.54) is 19.3 Å². The number of hydrogen-bond acceptors (Lipinski definition) is 1. The quantitative estimate of drug-likeness (QED) is 0.760. The topological polar surface area (TPSA) is 12.0 Å². The summed E-state index contributed by atoms with van der Waals surface area (Å²) in [6.07, 6.45) is 5.60. The van der Waals surface area contributed by atoms with E-state index in [-0.39, 0.29) is 10.8 Å². The molecule has 0 aromatic heterocycles. The van der Waals surface area contributed by atoms with Gasteiger partial charge in [0.15, 0.2) is 0 Å². The van der Waals surface area contributed by atoms with Gasteiger partial charge >= 0.3 is 0 Å². The summed E-state index contributed by atoms with van der Waals surface area (Å²) in [5.74, 6) is 0.348. The van der Waals surface area contributed by atoms with Crippen LogP contribution in [0.4, 0.5) is 4.39 Å². The third-order valence-corrected chi connectivity index (χ3v) is 5.25. The molecule has 1 aromatic carbocycles. The van der Waals surface area contributed by atoms with Gasteiger partial charge in [-0.2, -0.15) is 0 Å². The maximum Gasteiger partial charge on any atom is 0.145 e. The van der Waals surface area contributed by atoms with Crippen molar-refractivity contribution in [3.63, 3.8) is 0 Å². The van der Waals surface area contributed by atoms with Crippen LogP contribution in [-0.4, -0.2) is 12.6 Å². The summed E-state index contributed by atoms with van der Waals surface area (Å²) in [5.41, 5.74) is 1.07. The molecule has 0 radical (unpaired) electrons. The Morgan fingerprint density at radius 2 is 2.19 bits per heavy atom. The van der Waals surface area contributed by atoms with Crippen LogP contribution in [0.15, 0.2) is 18.2 Å². The van der Waals surface area contributed by atoms with Gasteiger partial charge in [-0.15, -0.1) is 0 Å². The van der Waals surface area contributed by atoms with E-state index in [0.29, 0.717) is 17.4 Å². The van der Waals surface area contributed by atoms with Crippen LogP contribution in [0.3, 0.4) is 0 Å². The van der Waals surface area contributed by atoms with Crippen molar-refractivity contribution in [3.05, 3.63) is 34.6 Å². The summed E-state index contributed by atoms with van der Waals surface area (Å²) in [4.78, 5) is 0. The van der Waals surface area contributed by atoms with Gasteiger partial charge in [0.1, 0.15) is 5.82 Å². The van der Waals surface area contributed by atoms with E-state index in [4.69, 9.17) is 11.6 Å². The zero-order valence-corrected chi connectivity index (χ0v) is 14.1. The van der Waals surface area contributed by atoms with Gasteiger partial charge in [-0.1, -0.05) is 50.9 Å². The van der Waals surface area contributed by atoms with E-state index in [1.807, 2.05) is 12.1 Å². The predicted octanol–water partition coefficient (Wildman–Crippen LogP) is 5.22. The molecule has 1 aliphatic carbocycles. The van der Waals surface area contributed by atoms with Crippen LogP contribution in [0.25, 0.3) is 0 Å². The van der Waals surface area contributed by atoms with E-state index < -0.39 is 0 Å². The molecule has 0 heterocycles. The standard InChI is InChI=1S/C18H27ClFN/c1-4-11-21-16(14-8-6-10-18(14,2)3)12-13-7-5-9-15(19)17(13)20/h5,7,9,14,16,21H,4,6,8,10-12H2,1-3H3. The molecule has 0 amide bonds. The van der Waals surface area contributed by atoms with Crippen molar-refractivity contribution in [3.8, 4) is 0 Å². The number of hydrogen-bond donors (Lipinski definition) is 1. The Morgan fingerprint density at radius 1 is 1.43 bits per heavy atom. The lowest BCUT2D eigenvalue weighted by Crippen LogP contribution is -2.42. The molecule has 21 heavy (non-hydrogen) atoms. The molecule has 0 spiro atoms. The normalized spacial score (nSPS) is 22.4. The summed E-state index contributed by atoms with van der Waals surface area (Å²) in [6, 6.07) is 5.66. The first kappa shape index (κ1) is 16.8. The fourth-order valence-corrected chi connectivity index (χ4v) is 3.92. The zero-order chi connectivity index (χ0) is 15.5. The summed E-state index contributed by atoms with van der Waals surface area (Å²) in [6.45, 7) is 7.85. The minimum atomic E-state index is -0.252. The van der Waals surface area contributed by atoms with E-state index in [1.54, 1.807) is 6.07 Å². The maximum atomic E-state index is 14.2. The third kappa shape index (κ3) is 3.98. The van der Waals surface area contributed by atoms with Crippen molar-refractivity contribution in [1.82, 2.24) is 5.32 Å². The third-order valence-electron chi connectivity index (χ3n) is 4.95. The second-order valence-electron chi connectivity index (χ2n) is 6.96. The van der Waals surface area contributed by atoms with Crippen molar-refractivity contribution in [2.75, 3.05) is 6.54 Å². The molecule has 2 atom stereocenters. The summed E-state index contributed by atoms with van der Waals surface area (Å²) in [7, 11) is 0. The first-order chi connectivity index (χ1) is 9.95. The summed E-state index contributed by atoms with van der Waals surface area (Å²) in [5, 5.41) is 3.88. The van der Waals surface area contributed by atoms with Gasteiger partial charge < -0.3 is 5.32 Å². The van der Waals surface area contributed by atoms with Crippen molar-refractivity contribution >= 4 is 11.6 Å². The van der Waals surface area contributed by atoms with Crippen LogP contribution in [0.1, 0.15) is 52.0 Å². The summed E-state index contributed by atoms with van der Waals surface area (Å²) >= 11 is 5.92. The monoisotopic (exact) mass is 311 g/mol. The van der Waals surface area contributed by atoms with Crippen molar-refractivity contribution < 1.29 is 4.39 Å². The lowest BCUT2D eigenvalue weighted by molar-refractivity contribution is 0.195. The van der Waals surface area contributed by atoms with E-state index in [9.17, 15) is 4.39 Å². The van der Waals surface area contributed by atoms with Gasteiger partial charge in [0, 0.05) is 6.04 Å². The van der Waals surface area contributed by atoms with Crippen LogP contribution >= 0.6 is 11.6 Å². The highest BCUT2D eigenvalue weighted by atomic mass is 35.5. The first-order valence-electron chi connectivity index (χ1n) is 8.12. The molecule has 2 unspecified atom stereocenters. The van der Waals surface area contributed by atoms with Gasteiger partial charge in [0.2, 0.25) is 0 Å². The highest BCUT2D eigenvalue weighted by molar-refractivity contribution is 6.30. The molecule has 1 fully saturated rings. The lowest BCUT2D eigenvalue weighted by Gasteiger charge is -2.35. The molecule has 118 valence electrons. The predicted molar refractivity (Wildman–Crippen MR) is 88.3 cm³/mol. The Labute approximate surface area is 133 Å². The van der Waals surface area contributed by atoms with E-state index >= 15 is 0 Å². The van der Waals surface area contributed by atoms with Gasteiger partial charge in [-0.3, -0.25) is 0 Å². The fraction of sp³-hybridized carbons (Fsp3) is 0.667. The second kappa shape index (κ2) is 7.11. The van der Waals surface area contributed by atoms with Crippen molar-refractivity contribution in [2.24, 2.45) is 11.3 Å². The highest BCUT2D eigenvalue weighted by Crippen LogP contribution is 2.45. The van der Waals surface area contributed by atoms with Crippen LogP contribution in [0.5, 0.6) is 0 Å². The molecule has 0 bridgehead atoms. The van der Waals surface area contributed by atoms with E-state index in [2.05, 4.69) is 26.1 Å². The second-order valence-corrected chi connectivity index (χ2v) is 7.37. The van der Waals surface area contributed by atoms with Crippen molar-refractivity contribution in [1.29, 1.82) is 0 Å². The Kier molecular flexibility index (Phi) is 5.67. The molecule has 0 saturated heterocycles. The largest absolute Gasteiger partial charge is 0.313 e. The Balaban J connectivity index is 2.18. The van der Waals surface area contributed by atoms with Gasteiger partial charge in [-0.05, 0) is 55.2 Å². The molecule has 2 rings (SSSR count). The highest BCUT2D eigenvalue weighted by Gasteiger charge is 2.39. The Bertz CT molecular complexity index is 472. The zero-order valence-electron chi connectivity index (χ0n) is 13.4. The fourth-order valence-electron chi connectivity index (χ4n) is 3.73. The summed E-state index contributed by atoms with van der Waals surface area (Å²) < 4.78 is 14.2. The van der Waals surface area contributed by atoms with Gasteiger partial charge in [-0.25, -0.2) is 4.39 Å². The maximum absolute atomic E-state index is 14.2. The molecule has 1 N–H and O–H groups in total.